The number of piperazine rings is 1. The number of methoxy groups -OCH3 is 1. The number of benzene rings is 1. The lowest BCUT2D eigenvalue weighted by molar-refractivity contribution is -0.128. The van der Waals surface area contributed by atoms with Crippen molar-refractivity contribution in [3.05, 3.63) is 46.9 Å². The summed E-state index contributed by atoms with van der Waals surface area (Å²) in [5.74, 6) is 1.17. The van der Waals surface area contributed by atoms with Crippen LogP contribution < -0.4 is 15.2 Å². The normalized spacial score (nSPS) is 14.4. The van der Waals surface area contributed by atoms with Gasteiger partial charge in [0.15, 0.2) is 5.16 Å². The molecule has 2 heterocycles. The minimum atomic E-state index is -0.210. The van der Waals surface area contributed by atoms with Gasteiger partial charge in [-0.05, 0) is 24.3 Å². The van der Waals surface area contributed by atoms with Crippen molar-refractivity contribution < 1.29 is 9.53 Å². The lowest BCUT2D eigenvalue weighted by Gasteiger charge is -2.36. The Labute approximate surface area is 150 Å². The van der Waals surface area contributed by atoms with Crippen molar-refractivity contribution in [3.8, 4) is 5.75 Å². The molecule has 25 heavy (non-hydrogen) atoms. The second-order valence-electron chi connectivity index (χ2n) is 5.59. The van der Waals surface area contributed by atoms with Gasteiger partial charge in [0.25, 0.3) is 5.56 Å². The summed E-state index contributed by atoms with van der Waals surface area (Å²) in [4.78, 5) is 34.3. The van der Waals surface area contributed by atoms with Crippen LogP contribution in [-0.2, 0) is 4.79 Å². The molecule has 1 aliphatic rings. The van der Waals surface area contributed by atoms with Crippen LogP contribution in [0.15, 0.2) is 46.5 Å². The number of ether oxygens (including phenoxy) is 1. The average Bonchev–Trinajstić information content (AvgIpc) is 2.66. The lowest BCUT2D eigenvalue weighted by atomic mass is 10.2. The maximum atomic E-state index is 12.3. The Hall–Kier alpha value is -2.48. The highest BCUT2D eigenvalue weighted by Crippen LogP contribution is 2.21. The van der Waals surface area contributed by atoms with E-state index in [4.69, 9.17) is 4.74 Å². The molecule has 0 saturated carbocycles. The van der Waals surface area contributed by atoms with E-state index in [9.17, 15) is 9.59 Å². The topological polar surface area (TPSA) is 78.5 Å². The number of carbonyl (C=O) groups is 1. The first kappa shape index (κ1) is 17.3. The fraction of sp³-hybridized carbons (Fsp3) is 0.353. The van der Waals surface area contributed by atoms with Crippen LogP contribution >= 0.6 is 11.8 Å². The molecule has 1 aromatic carbocycles. The molecule has 0 aliphatic carbocycles. The molecule has 7 nitrogen and oxygen atoms in total. The first-order valence-corrected chi connectivity index (χ1v) is 8.99. The van der Waals surface area contributed by atoms with Gasteiger partial charge in [-0.15, -0.1) is 0 Å². The first-order chi connectivity index (χ1) is 12.2. The second-order valence-corrected chi connectivity index (χ2v) is 6.56. The number of nitrogens with one attached hydrogen (secondary N) is 1. The van der Waals surface area contributed by atoms with Crippen LogP contribution in [0.4, 0.5) is 5.69 Å². The molecule has 8 heteroatoms. The van der Waals surface area contributed by atoms with Crippen LogP contribution in [0.25, 0.3) is 0 Å². The molecule has 132 valence electrons. The molecule has 1 aromatic heterocycles. The number of aromatic nitrogens is 2. The third-order valence-electron chi connectivity index (χ3n) is 4.05. The fourth-order valence-corrected chi connectivity index (χ4v) is 3.40. The quantitative estimate of drug-likeness (QED) is 0.638. The Morgan fingerprint density at radius 3 is 2.56 bits per heavy atom. The Morgan fingerprint density at radius 2 is 1.92 bits per heavy atom. The van der Waals surface area contributed by atoms with E-state index in [1.54, 1.807) is 7.11 Å². The van der Waals surface area contributed by atoms with E-state index >= 15 is 0 Å². The fourth-order valence-electron chi connectivity index (χ4n) is 2.65. The first-order valence-electron chi connectivity index (χ1n) is 8.00. The molecule has 1 amide bonds. The summed E-state index contributed by atoms with van der Waals surface area (Å²) >= 11 is 1.25. The molecule has 3 rings (SSSR count). The number of amides is 1. The number of aromatic amines is 1. The number of H-pyrrole nitrogens is 1. The molecule has 0 spiro atoms. The maximum Gasteiger partial charge on any atom is 0.251 e. The number of carbonyl (C=O) groups excluding carboxylic acids is 1. The summed E-state index contributed by atoms with van der Waals surface area (Å²) in [5, 5.41) is 0.470. The Kier molecular flexibility index (Phi) is 5.60. The van der Waals surface area contributed by atoms with E-state index in [1.807, 2.05) is 29.2 Å². The predicted molar refractivity (Wildman–Crippen MR) is 97.4 cm³/mol. The molecule has 1 aliphatic heterocycles. The van der Waals surface area contributed by atoms with Crippen LogP contribution in [0.5, 0.6) is 5.75 Å². The van der Waals surface area contributed by atoms with E-state index in [0.717, 1.165) is 24.5 Å². The lowest BCUT2D eigenvalue weighted by Crippen LogP contribution is -2.49. The van der Waals surface area contributed by atoms with Crippen molar-refractivity contribution in [2.75, 3.05) is 43.9 Å². The van der Waals surface area contributed by atoms with E-state index in [1.165, 1.54) is 24.0 Å². The predicted octanol–water partition coefficient (Wildman–Crippen LogP) is 1.22. The Bertz CT molecular complexity index is 770. The SMILES string of the molecule is COc1ccc(N2CCN(C(=O)CSc3nccc(=O)[nH]3)CC2)cc1. The second kappa shape index (κ2) is 8.06. The minimum absolute atomic E-state index is 0.0610. The Balaban J connectivity index is 1.49. The number of hydrogen-bond donors (Lipinski definition) is 1. The van der Waals surface area contributed by atoms with Gasteiger partial charge < -0.3 is 19.5 Å². The zero-order chi connectivity index (χ0) is 17.6. The van der Waals surface area contributed by atoms with Gasteiger partial charge >= 0.3 is 0 Å². The standard InChI is InChI=1S/C17H20N4O3S/c1-24-14-4-2-13(3-5-14)20-8-10-21(11-9-20)16(23)12-25-17-18-7-6-15(22)19-17/h2-7H,8-12H2,1H3,(H,18,19,22). The molecule has 1 saturated heterocycles. The number of thioether (sulfide) groups is 1. The highest BCUT2D eigenvalue weighted by Gasteiger charge is 2.21. The molecule has 0 bridgehead atoms. The van der Waals surface area contributed by atoms with Gasteiger partial charge in [-0.2, -0.15) is 0 Å². The molecule has 1 N–H and O–H groups in total. The van der Waals surface area contributed by atoms with E-state index in [-0.39, 0.29) is 17.2 Å². The summed E-state index contributed by atoms with van der Waals surface area (Å²) in [6.07, 6.45) is 1.44. The largest absolute Gasteiger partial charge is 0.497 e. The molecule has 0 unspecified atom stereocenters. The van der Waals surface area contributed by atoms with Gasteiger partial charge in [-0.1, -0.05) is 11.8 Å². The Morgan fingerprint density at radius 1 is 1.20 bits per heavy atom. The van der Waals surface area contributed by atoms with Crippen LogP contribution in [0.1, 0.15) is 0 Å². The van der Waals surface area contributed by atoms with Crippen molar-refractivity contribution in [1.82, 2.24) is 14.9 Å². The number of rotatable bonds is 5. The molecule has 0 atom stereocenters. The van der Waals surface area contributed by atoms with Gasteiger partial charge in [-0.3, -0.25) is 9.59 Å². The molecule has 0 radical (unpaired) electrons. The summed E-state index contributed by atoms with van der Waals surface area (Å²) < 4.78 is 5.17. The number of nitrogens with zero attached hydrogens (tertiary/aromatic N) is 3. The van der Waals surface area contributed by atoms with Gasteiger partial charge in [0, 0.05) is 44.1 Å². The smallest absolute Gasteiger partial charge is 0.251 e. The third-order valence-corrected chi connectivity index (χ3v) is 4.92. The van der Waals surface area contributed by atoms with E-state index in [0.29, 0.717) is 18.2 Å². The monoisotopic (exact) mass is 360 g/mol. The van der Waals surface area contributed by atoms with Crippen molar-refractivity contribution in [1.29, 1.82) is 0 Å². The van der Waals surface area contributed by atoms with E-state index in [2.05, 4.69) is 14.9 Å². The van der Waals surface area contributed by atoms with Crippen LogP contribution in [-0.4, -0.2) is 59.8 Å². The summed E-state index contributed by atoms with van der Waals surface area (Å²) in [7, 11) is 1.65. The van der Waals surface area contributed by atoms with Crippen molar-refractivity contribution in [2.24, 2.45) is 0 Å². The summed E-state index contributed by atoms with van der Waals surface area (Å²) in [6, 6.07) is 9.30. The van der Waals surface area contributed by atoms with Gasteiger partial charge in [0.2, 0.25) is 5.91 Å². The van der Waals surface area contributed by atoms with Crippen molar-refractivity contribution in [2.45, 2.75) is 5.16 Å². The molecular formula is C17H20N4O3S. The molecular weight excluding hydrogens is 340 g/mol. The van der Waals surface area contributed by atoms with Crippen molar-refractivity contribution in [3.63, 3.8) is 0 Å². The van der Waals surface area contributed by atoms with Gasteiger partial charge in [-0.25, -0.2) is 4.98 Å². The molecule has 1 fully saturated rings. The zero-order valence-electron chi connectivity index (χ0n) is 14.0. The van der Waals surface area contributed by atoms with Crippen molar-refractivity contribution >= 4 is 23.4 Å². The molecule has 2 aromatic rings. The number of hydrogen-bond acceptors (Lipinski definition) is 6. The van der Waals surface area contributed by atoms with Crippen LogP contribution in [0, 0.1) is 0 Å². The van der Waals surface area contributed by atoms with Gasteiger partial charge in [0.1, 0.15) is 5.75 Å². The summed E-state index contributed by atoms with van der Waals surface area (Å²) in [5.41, 5.74) is 0.923. The highest BCUT2D eigenvalue weighted by molar-refractivity contribution is 7.99. The summed E-state index contributed by atoms with van der Waals surface area (Å²) in [6.45, 7) is 2.96. The maximum absolute atomic E-state index is 12.3. The third kappa shape index (κ3) is 4.54. The highest BCUT2D eigenvalue weighted by atomic mass is 32.2. The van der Waals surface area contributed by atoms with Crippen LogP contribution in [0.2, 0.25) is 0 Å². The van der Waals surface area contributed by atoms with Gasteiger partial charge in [0.05, 0.1) is 12.9 Å². The van der Waals surface area contributed by atoms with E-state index < -0.39 is 0 Å². The van der Waals surface area contributed by atoms with Crippen LogP contribution in [0.3, 0.4) is 0 Å². The minimum Gasteiger partial charge on any atom is -0.497 e. The number of anilines is 1. The zero-order valence-corrected chi connectivity index (χ0v) is 14.8. The average molecular weight is 360 g/mol.